The van der Waals surface area contributed by atoms with Crippen molar-refractivity contribution in [2.75, 3.05) is 0 Å². The molecule has 0 bridgehead atoms. The first-order chi connectivity index (χ1) is 8.97. The van der Waals surface area contributed by atoms with E-state index in [9.17, 15) is 4.79 Å². The lowest BCUT2D eigenvalue weighted by Gasteiger charge is -2.08. The third-order valence-corrected chi connectivity index (χ3v) is 3.76. The minimum Gasteiger partial charge on any atom is -0.305 e. The number of nitrogens with zero attached hydrogens (tertiary/aromatic N) is 2. The van der Waals surface area contributed by atoms with E-state index in [1.54, 1.807) is 12.4 Å². The number of halogens is 2. The topological polar surface area (TPSA) is 58.6 Å². The van der Waals surface area contributed by atoms with Crippen LogP contribution in [0.4, 0.5) is 0 Å². The Morgan fingerprint density at radius 1 is 1.32 bits per heavy atom. The summed E-state index contributed by atoms with van der Waals surface area (Å²) in [4.78, 5) is 23.3. The van der Waals surface area contributed by atoms with E-state index >= 15 is 0 Å². The van der Waals surface area contributed by atoms with E-state index in [1.807, 2.05) is 6.07 Å². The number of hydrogen-bond acceptors (Lipinski definition) is 3. The number of rotatable bonds is 3. The summed E-state index contributed by atoms with van der Waals surface area (Å²) >= 11 is 6.66. The molecular weight excluding hydrogens is 374 g/mol. The lowest BCUT2D eigenvalue weighted by molar-refractivity contribution is 0.631. The summed E-state index contributed by atoms with van der Waals surface area (Å²) in [5.41, 5.74) is 1.39. The normalized spacial score (nSPS) is 11.0. The Morgan fingerprint density at radius 3 is 2.68 bits per heavy atom. The van der Waals surface area contributed by atoms with Crippen LogP contribution in [-0.2, 0) is 6.42 Å². The molecule has 0 aromatic carbocycles. The zero-order valence-electron chi connectivity index (χ0n) is 10.6. The highest BCUT2D eigenvalue weighted by Crippen LogP contribution is 2.20. The number of hydrogen-bond donors (Lipinski definition) is 1. The minimum atomic E-state index is -0.166. The Hall–Kier alpha value is -1.01. The van der Waals surface area contributed by atoms with Crippen molar-refractivity contribution in [3.05, 3.63) is 43.5 Å². The standard InChI is InChI=1S/C13H13Br2N3O/c1-7(2)3-10-11(15)13(19)18-12(17-10)8-4-9(14)6-16-5-8/h4-7H,3H2,1-2H3,(H,17,18,19). The quantitative estimate of drug-likeness (QED) is 0.877. The van der Waals surface area contributed by atoms with Gasteiger partial charge in [0, 0.05) is 22.4 Å². The Labute approximate surface area is 128 Å². The third-order valence-electron chi connectivity index (χ3n) is 2.51. The van der Waals surface area contributed by atoms with Crippen LogP contribution in [0.1, 0.15) is 19.5 Å². The molecule has 0 spiro atoms. The van der Waals surface area contributed by atoms with Gasteiger partial charge in [-0.25, -0.2) is 4.98 Å². The summed E-state index contributed by atoms with van der Waals surface area (Å²) in [6.07, 6.45) is 4.12. The monoisotopic (exact) mass is 385 g/mol. The molecule has 6 heteroatoms. The fourth-order valence-corrected chi connectivity index (χ4v) is 2.42. The molecule has 2 rings (SSSR count). The Bertz CT molecular complexity index is 653. The molecule has 4 nitrogen and oxygen atoms in total. The van der Waals surface area contributed by atoms with Crippen LogP contribution in [0.25, 0.3) is 11.4 Å². The molecule has 0 saturated heterocycles. The van der Waals surface area contributed by atoms with Crippen LogP contribution in [0.5, 0.6) is 0 Å². The zero-order chi connectivity index (χ0) is 14.0. The summed E-state index contributed by atoms with van der Waals surface area (Å²) < 4.78 is 1.36. The van der Waals surface area contributed by atoms with Gasteiger partial charge < -0.3 is 4.98 Å². The smallest absolute Gasteiger partial charge is 0.265 e. The second kappa shape index (κ2) is 5.96. The summed E-state index contributed by atoms with van der Waals surface area (Å²) in [6.45, 7) is 4.19. The second-order valence-corrected chi connectivity index (χ2v) is 6.37. The molecule has 0 amide bonds. The van der Waals surface area contributed by atoms with E-state index in [1.165, 1.54) is 0 Å². The molecule has 0 unspecified atom stereocenters. The Morgan fingerprint density at radius 2 is 2.05 bits per heavy atom. The van der Waals surface area contributed by atoms with Gasteiger partial charge in [0.15, 0.2) is 0 Å². The molecule has 2 heterocycles. The molecule has 100 valence electrons. The van der Waals surface area contributed by atoms with Crippen LogP contribution < -0.4 is 5.56 Å². The largest absolute Gasteiger partial charge is 0.305 e. The van der Waals surface area contributed by atoms with Crippen molar-refractivity contribution in [3.63, 3.8) is 0 Å². The molecule has 2 aromatic rings. The first kappa shape index (κ1) is 14.4. The van der Waals surface area contributed by atoms with Crippen LogP contribution in [0.15, 0.2) is 32.2 Å². The van der Waals surface area contributed by atoms with Crippen molar-refractivity contribution in [3.8, 4) is 11.4 Å². The van der Waals surface area contributed by atoms with Crippen LogP contribution in [0, 0.1) is 5.92 Å². The van der Waals surface area contributed by atoms with Crippen LogP contribution in [0.2, 0.25) is 0 Å². The molecule has 0 fully saturated rings. The highest BCUT2D eigenvalue weighted by atomic mass is 79.9. The SMILES string of the molecule is CC(C)Cc1nc(-c2cncc(Br)c2)[nH]c(=O)c1Br. The van der Waals surface area contributed by atoms with Crippen molar-refractivity contribution < 1.29 is 0 Å². The van der Waals surface area contributed by atoms with E-state index in [-0.39, 0.29) is 5.56 Å². The van der Waals surface area contributed by atoms with E-state index in [0.29, 0.717) is 16.2 Å². The van der Waals surface area contributed by atoms with Gasteiger partial charge in [0.25, 0.3) is 5.56 Å². The number of H-pyrrole nitrogens is 1. The summed E-state index contributed by atoms with van der Waals surface area (Å²) in [7, 11) is 0. The van der Waals surface area contributed by atoms with Crippen molar-refractivity contribution in [2.45, 2.75) is 20.3 Å². The molecule has 2 aromatic heterocycles. The lowest BCUT2D eigenvalue weighted by Crippen LogP contribution is -2.15. The number of nitrogens with one attached hydrogen (secondary N) is 1. The van der Waals surface area contributed by atoms with Gasteiger partial charge in [0.2, 0.25) is 0 Å². The van der Waals surface area contributed by atoms with E-state index in [0.717, 1.165) is 22.2 Å². The third kappa shape index (κ3) is 3.51. The number of aromatic nitrogens is 3. The molecule has 0 atom stereocenters. The molecule has 1 N–H and O–H groups in total. The lowest BCUT2D eigenvalue weighted by atomic mass is 10.1. The van der Waals surface area contributed by atoms with E-state index in [4.69, 9.17) is 0 Å². The maximum atomic E-state index is 11.9. The van der Waals surface area contributed by atoms with E-state index in [2.05, 4.69) is 60.7 Å². The highest BCUT2D eigenvalue weighted by molar-refractivity contribution is 9.10. The van der Waals surface area contributed by atoms with Gasteiger partial charge in [-0.05, 0) is 50.3 Å². The first-order valence-corrected chi connectivity index (χ1v) is 7.45. The first-order valence-electron chi connectivity index (χ1n) is 5.87. The maximum absolute atomic E-state index is 11.9. The van der Waals surface area contributed by atoms with Gasteiger partial charge >= 0.3 is 0 Å². The molecule has 0 radical (unpaired) electrons. The van der Waals surface area contributed by atoms with Crippen molar-refractivity contribution in [1.29, 1.82) is 0 Å². The van der Waals surface area contributed by atoms with E-state index < -0.39 is 0 Å². The van der Waals surface area contributed by atoms with Crippen molar-refractivity contribution in [1.82, 2.24) is 15.0 Å². The van der Waals surface area contributed by atoms with Crippen molar-refractivity contribution >= 4 is 31.9 Å². The van der Waals surface area contributed by atoms with Gasteiger partial charge in [0.05, 0.1) is 5.69 Å². The molecule has 0 aliphatic carbocycles. The molecular formula is C13H13Br2N3O. The Balaban J connectivity index is 2.53. The summed E-state index contributed by atoms with van der Waals surface area (Å²) in [5.74, 6) is 0.969. The average Bonchev–Trinajstić information content (AvgIpc) is 2.34. The summed E-state index contributed by atoms with van der Waals surface area (Å²) in [5, 5.41) is 0. The van der Waals surface area contributed by atoms with Gasteiger partial charge in [0.1, 0.15) is 10.3 Å². The van der Waals surface area contributed by atoms with Crippen LogP contribution in [0.3, 0.4) is 0 Å². The fraction of sp³-hybridized carbons (Fsp3) is 0.308. The average molecular weight is 387 g/mol. The molecule has 0 aliphatic rings. The number of aromatic amines is 1. The molecule has 0 aliphatic heterocycles. The van der Waals surface area contributed by atoms with Crippen LogP contribution in [-0.4, -0.2) is 15.0 Å². The predicted molar refractivity (Wildman–Crippen MR) is 82.0 cm³/mol. The molecule has 19 heavy (non-hydrogen) atoms. The second-order valence-electron chi connectivity index (χ2n) is 4.67. The zero-order valence-corrected chi connectivity index (χ0v) is 13.7. The molecule has 0 saturated carbocycles. The fourth-order valence-electron chi connectivity index (χ4n) is 1.71. The highest BCUT2D eigenvalue weighted by Gasteiger charge is 2.12. The summed E-state index contributed by atoms with van der Waals surface area (Å²) in [6, 6.07) is 1.87. The number of pyridine rings is 1. The van der Waals surface area contributed by atoms with Gasteiger partial charge in [-0.3, -0.25) is 9.78 Å². The van der Waals surface area contributed by atoms with Gasteiger partial charge in [-0.15, -0.1) is 0 Å². The van der Waals surface area contributed by atoms with Crippen molar-refractivity contribution in [2.24, 2.45) is 5.92 Å². The van der Waals surface area contributed by atoms with Gasteiger partial charge in [-0.1, -0.05) is 13.8 Å². The van der Waals surface area contributed by atoms with Crippen LogP contribution >= 0.6 is 31.9 Å². The Kier molecular flexibility index (Phi) is 4.52. The minimum absolute atomic E-state index is 0.166. The van der Waals surface area contributed by atoms with Gasteiger partial charge in [-0.2, -0.15) is 0 Å². The predicted octanol–water partition coefficient (Wildman–Crippen LogP) is 3.56. The maximum Gasteiger partial charge on any atom is 0.265 e.